The van der Waals surface area contributed by atoms with Crippen LogP contribution in [0.15, 0.2) is 5.10 Å². The Balaban J connectivity index is 1.90. The van der Waals surface area contributed by atoms with Crippen LogP contribution in [-0.4, -0.2) is 37.7 Å². The fourth-order valence-electron chi connectivity index (χ4n) is 3.34. The Kier molecular flexibility index (Phi) is 5.47. The largest absolute Gasteiger partial charge is 0.335 e. The van der Waals surface area contributed by atoms with Crippen molar-refractivity contribution in [3.8, 4) is 0 Å². The van der Waals surface area contributed by atoms with Gasteiger partial charge in [-0.2, -0.15) is 5.10 Å². The molecule has 0 unspecified atom stereocenters. The average molecular weight is 329 g/mol. The van der Waals surface area contributed by atoms with Crippen LogP contribution in [0, 0.1) is 17.8 Å². The number of carbonyl (C=O) groups excluding carboxylic acids is 1. The molecule has 0 aromatic heterocycles. The molecular formula is C15H27N3O3S. The fraction of sp³-hybridized carbons (Fsp3) is 0.867. The van der Waals surface area contributed by atoms with Crippen molar-refractivity contribution in [1.29, 1.82) is 0 Å². The van der Waals surface area contributed by atoms with Crippen molar-refractivity contribution in [2.24, 2.45) is 22.9 Å². The average Bonchev–Trinajstić information content (AvgIpc) is 2.75. The van der Waals surface area contributed by atoms with Crippen LogP contribution in [0.3, 0.4) is 0 Å². The zero-order valence-corrected chi connectivity index (χ0v) is 14.4. The zero-order valence-electron chi connectivity index (χ0n) is 13.6. The molecule has 0 radical (unpaired) electrons. The smallest absolute Gasteiger partial charge is 0.333 e. The van der Waals surface area contributed by atoms with Gasteiger partial charge < -0.3 is 5.32 Å². The van der Waals surface area contributed by atoms with Crippen LogP contribution in [0.2, 0.25) is 0 Å². The number of sulfone groups is 1. The van der Waals surface area contributed by atoms with Gasteiger partial charge in [0, 0.05) is 17.7 Å². The molecule has 1 aliphatic carbocycles. The molecule has 1 heterocycles. The minimum atomic E-state index is -2.98. The van der Waals surface area contributed by atoms with E-state index in [1.54, 1.807) is 0 Å². The molecule has 1 aliphatic heterocycles. The van der Waals surface area contributed by atoms with Crippen molar-refractivity contribution < 1.29 is 13.2 Å². The molecule has 0 aromatic rings. The minimum absolute atomic E-state index is 0.0304. The minimum Gasteiger partial charge on any atom is -0.333 e. The van der Waals surface area contributed by atoms with E-state index >= 15 is 0 Å². The van der Waals surface area contributed by atoms with E-state index < -0.39 is 15.9 Å². The van der Waals surface area contributed by atoms with Gasteiger partial charge >= 0.3 is 6.03 Å². The molecule has 2 rings (SSSR count). The predicted molar refractivity (Wildman–Crippen MR) is 87.5 cm³/mol. The van der Waals surface area contributed by atoms with E-state index in [-0.39, 0.29) is 17.5 Å². The van der Waals surface area contributed by atoms with E-state index in [2.05, 4.69) is 36.6 Å². The monoisotopic (exact) mass is 329 g/mol. The van der Waals surface area contributed by atoms with Crippen LogP contribution in [0.25, 0.3) is 0 Å². The first kappa shape index (κ1) is 17.2. The van der Waals surface area contributed by atoms with Crippen molar-refractivity contribution in [3.63, 3.8) is 0 Å². The standard InChI is InChI=1S/C15H27N3O3S/c1-10(2)13-5-4-11(3)8-14(13)17-18-15(19)16-12-6-7-22(20,21)9-12/h10-13H,4-9H2,1-3H3,(H2,16,18,19)/t11-,12-,13+/m1/s1. The van der Waals surface area contributed by atoms with Gasteiger partial charge in [-0.1, -0.05) is 20.8 Å². The summed E-state index contributed by atoms with van der Waals surface area (Å²) in [5.74, 6) is 1.71. The molecule has 0 spiro atoms. The van der Waals surface area contributed by atoms with Crippen molar-refractivity contribution in [2.75, 3.05) is 11.5 Å². The quantitative estimate of drug-likeness (QED) is 0.775. The summed E-state index contributed by atoms with van der Waals surface area (Å²) < 4.78 is 22.8. The molecule has 3 atom stereocenters. The van der Waals surface area contributed by atoms with Crippen LogP contribution in [0.4, 0.5) is 4.79 Å². The van der Waals surface area contributed by atoms with E-state index in [4.69, 9.17) is 0 Å². The van der Waals surface area contributed by atoms with E-state index in [1.165, 1.54) is 6.42 Å². The summed E-state index contributed by atoms with van der Waals surface area (Å²) >= 11 is 0. The second kappa shape index (κ2) is 6.98. The van der Waals surface area contributed by atoms with Crippen molar-refractivity contribution in [1.82, 2.24) is 10.7 Å². The molecule has 1 saturated carbocycles. The van der Waals surface area contributed by atoms with E-state index in [9.17, 15) is 13.2 Å². The van der Waals surface area contributed by atoms with Gasteiger partial charge in [0.1, 0.15) is 0 Å². The Labute approximate surface area is 133 Å². The van der Waals surface area contributed by atoms with Crippen LogP contribution >= 0.6 is 0 Å². The Bertz CT molecular complexity index is 542. The maximum atomic E-state index is 11.9. The predicted octanol–water partition coefficient (Wildman–Crippen LogP) is 1.92. The number of carbonyl (C=O) groups is 1. The number of nitrogens with one attached hydrogen (secondary N) is 2. The first-order valence-corrected chi connectivity index (χ1v) is 9.92. The first-order valence-electron chi connectivity index (χ1n) is 8.10. The van der Waals surface area contributed by atoms with Gasteiger partial charge in [-0.25, -0.2) is 18.6 Å². The Morgan fingerprint density at radius 1 is 1.27 bits per heavy atom. The summed E-state index contributed by atoms with van der Waals surface area (Å²) in [5, 5.41) is 7.01. The zero-order chi connectivity index (χ0) is 16.3. The molecular weight excluding hydrogens is 302 g/mol. The number of hydrazone groups is 1. The van der Waals surface area contributed by atoms with Gasteiger partial charge in [-0.3, -0.25) is 0 Å². The summed E-state index contributed by atoms with van der Waals surface area (Å²) in [5.41, 5.74) is 3.61. The van der Waals surface area contributed by atoms with Crippen LogP contribution in [-0.2, 0) is 9.84 Å². The molecule has 2 fully saturated rings. The van der Waals surface area contributed by atoms with Gasteiger partial charge in [0.25, 0.3) is 0 Å². The second-order valence-electron chi connectivity index (χ2n) is 7.03. The lowest BCUT2D eigenvalue weighted by Gasteiger charge is -2.30. The normalized spacial score (nSPS) is 33.1. The highest BCUT2D eigenvalue weighted by atomic mass is 32.2. The van der Waals surface area contributed by atoms with E-state index in [1.807, 2.05) is 0 Å². The number of amides is 2. The highest BCUT2D eigenvalue weighted by molar-refractivity contribution is 7.91. The number of rotatable bonds is 3. The van der Waals surface area contributed by atoms with Gasteiger partial charge in [-0.05, 0) is 37.5 Å². The Morgan fingerprint density at radius 2 is 2.00 bits per heavy atom. The fourth-order valence-corrected chi connectivity index (χ4v) is 5.01. The summed E-state index contributed by atoms with van der Waals surface area (Å²) in [7, 11) is -2.98. The highest BCUT2D eigenvalue weighted by Crippen LogP contribution is 2.31. The topological polar surface area (TPSA) is 87.6 Å². The number of nitrogens with zero attached hydrogens (tertiary/aromatic N) is 1. The lowest BCUT2D eigenvalue weighted by Crippen LogP contribution is -2.41. The molecule has 2 N–H and O–H groups in total. The maximum absolute atomic E-state index is 11.9. The SMILES string of the molecule is CC(C)[C@@H]1CC[C@@H](C)CC1=NNC(=O)N[C@@H]1CCS(=O)(=O)C1. The molecule has 1 saturated heterocycles. The molecule has 0 aromatic carbocycles. The Morgan fingerprint density at radius 3 is 2.59 bits per heavy atom. The lowest BCUT2D eigenvalue weighted by atomic mass is 9.76. The molecule has 22 heavy (non-hydrogen) atoms. The molecule has 2 aliphatic rings. The van der Waals surface area contributed by atoms with Crippen LogP contribution in [0.5, 0.6) is 0 Å². The number of urea groups is 1. The molecule has 7 heteroatoms. The Hall–Kier alpha value is -1.11. The van der Waals surface area contributed by atoms with Gasteiger partial charge in [0.2, 0.25) is 0 Å². The van der Waals surface area contributed by atoms with Crippen LogP contribution < -0.4 is 10.7 Å². The summed E-state index contributed by atoms with van der Waals surface area (Å²) in [6, 6.07) is -0.702. The third-order valence-corrected chi connectivity index (χ3v) is 6.40. The van der Waals surface area contributed by atoms with Crippen LogP contribution in [0.1, 0.15) is 46.5 Å². The lowest BCUT2D eigenvalue weighted by molar-refractivity contribution is 0.238. The van der Waals surface area contributed by atoms with E-state index in [0.717, 1.165) is 18.6 Å². The van der Waals surface area contributed by atoms with Crippen molar-refractivity contribution in [2.45, 2.75) is 52.5 Å². The number of hydrogen-bond acceptors (Lipinski definition) is 4. The van der Waals surface area contributed by atoms with E-state index in [0.29, 0.717) is 24.2 Å². The number of hydrogen-bond donors (Lipinski definition) is 2. The molecule has 2 amide bonds. The molecule has 0 bridgehead atoms. The summed E-state index contributed by atoms with van der Waals surface area (Å²) in [6.45, 7) is 6.56. The second-order valence-corrected chi connectivity index (χ2v) is 9.25. The molecule has 126 valence electrons. The first-order chi connectivity index (χ1) is 10.3. The summed E-state index contributed by atoms with van der Waals surface area (Å²) in [4.78, 5) is 11.9. The molecule has 6 nitrogen and oxygen atoms in total. The van der Waals surface area contributed by atoms with Crippen molar-refractivity contribution in [3.05, 3.63) is 0 Å². The maximum Gasteiger partial charge on any atom is 0.335 e. The van der Waals surface area contributed by atoms with Gasteiger partial charge in [0.05, 0.1) is 11.5 Å². The van der Waals surface area contributed by atoms with Gasteiger partial charge in [-0.15, -0.1) is 0 Å². The third-order valence-electron chi connectivity index (χ3n) is 4.63. The third kappa shape index (κ3) is 4.69. The van der Waals surface area contributed by atoms with Crippen molar-refractivity contribution >= 4 is 21.6 Å². The summed E-state index contributed by atoms with van der Waals surface area (Å²) in [6.07, 6.45) is 3.72. The highest BCUT2D eigenvalue weighted by Gasteiger charge is 2.29. The van der Waals surface area contributed by atoms with Gasteiger partial charge in [0.15, 0.2) is 9.84 Å².